The summed E-state index contributed by atoms with van der Waals surface area (Å²) in [5, 5.41) is 5.14. The van der Waals surface area contributed by atoms with Gasteiger partial charge in [0.15, 0.2) is 0 Å². The predicted octanol–water partition coefficient (Wildman–Crippen LogP) is -0.846. The number of hydrazine groups is 1. The highest BCUT2D eigenvalue weighted by Crippen LogP contribution is 1.89. The number of nitrogens with one attached hydrogen (secondary N) is 1. The highest BCUT2D eigenvalue weighted by Gasteiger charge is 2.10. The Kier molecular flexibility index (Phi) is 1.83. The first-order valence-electron chi connectivity index (χ1n) is 3.02. The van der Waals surface area contributed by atoms with Gasteiger partial charge in [0, 0.05) is 25.7 Å². The molecule has 8 heavy (non-hydrogen) atoms. The lowest BCUT2D eigenvalue weighted by Crippen LogP contribution is -2.51. The first-order valence-corrected chi connectivity index (χ1v) is 3.02. The topological polar surface area (TPSA) is 41.3 Å². The molecule has 1 aliphatic heterocycles. The van der Waals surface area contributed by atoms with E-state index >= 15 is 0 Å². The van der Waals surface area contributed by atoms with Gasteiger partial charge in [0.25, 0.3) is 0 Å². The van der Waals surface area contributed by atoms with Crippen molar-refractivity contribution in [1.82, 2.24) is 10.3 Å². The molecule has 48 valence electrons. The van der Waals surface area contributed by atoms with Crippen LogP contribution in [0.3, 0.4) is 0 Å². The summed E-state index contributed by atoms with van der Waals surface area (Å²) in [5.41, 5.74) is 0. The van der Waals surface area contributed by atoms with Crippen LogP contribution in [-0.2, 0) is 0 Å². The number of nitrogens with zero attached hydrogens (tertiary/aromatic N) is 1. The summed E-state index contributed by atoms with van der Waals surface area (Å²) >= 11 is 0. The van der Waals surface area contributed by atoms with Gasteiger partial charge in [-0.2, -0.15) is 0 Å². The lowest BCUT2D eigenvalue weighted by Gasteiger charge is -2.27. The highest BCUT2D eigenvalue weighted by atomic mass is 15.4. The van der Waals surface area contributed by atoms with Crippen LogP contribution in [0.4, 0.5) is 0 Å². The Morgan fingerprint density at radius 3 is 2.88 bits per heavy atom. The standard InChI is InChI=1S/C5H13N3/c1-5-4-8(6)3-2-7-5/h5,7H,2-4,6H2,1H3. The quantitative estimate of drug-likeness (QED) is 0.404. The Morgan fingerprint density at radius 1 is 1.75 bits per heavy atom. The van der Waals surface area contributed by atoms with Crippen LogP contribution in [0.1, 0.15) is 6.92 Å². The second-order valence-corrected chi connectivity index (χ2v) is 2.35. The van der Waals surface area contributed by atoms with Crippen LogP contribution >= 0.6 is 0 Å². The van der Waals surface area contributed by atoms with E-state index in [9.17, 15) is 0 Å². The van der Waals surface area contributed by atoms with Crippen LogP contribution in [0, 0.1) is 0 Å². The van der Waals surface area contributed by atoms with E-state index in [0.29, 0.717) is 6.04 Å². The number of hydrogen-bond donors (Lipinski definition) is 2. The van der Waals surface area contributed by atoms with Crippen LogP contribution < -0.4 is 11.2 Å². The van der Waals surface area contributed by atoms with E-state index in [0.717, 1.165) is 19.6 Å². The van der Waals surface area contributed by atoms with E-state index in [1.807, 2.05) is 5.01 Å². The van der Waals surface area contributed by atoms with Gasteiger partial charge in [0.2, 0.25) is 0 Å². The summed E-state index contributed by atoms with van der Waals surface area (Å²) in [6, 6.07) is 0.564. The predicted molar refractivity (Wildman–Crippen MR) is 33.2 cm³/mol. The van der Waals surface area contributed by atoms with Gasteiger partial charge in [0.05, 0.1) is 0 Å². The van der Waals surface area contributed by atoms with Crippen molar-refractivity contribution in [1.29, 1.82) is 0 Å². The van der Waals surface area contributed by atoms with E-state index in [-0.39, 0.29) is 0 Å². The molecular weight excluding hydrogens is 102 g/mol. The maximum atomic E-state index is 5.52. The maximum absolute atomic E-state index is 5.52. The molecule has 0 saturated carbocycles. The zero-order chi connectivity index (χ0) is 5.98. The lowest BCUT2D eigenvalue weighted by atomic mass is 10.3. The smallest absolute Gasteiger partial charge is 0.0280 e. The van der Waals surface area contributed by atoms with Crippen LogP contribution in [0.25, 0.3) is 0 Å². The van der Waals surface area contributed by atoms with Crippen molar-refractivity contribution < 1.29 is 0 Å². The van der Waals surface area contributed by atoms with Gasteiger partial charge in [-0.3, -0.25) is 5.84 Å². The lowest BCUT2D eigenvalue weighted by molar-refractivity contribution is 0.212. The molecule has 0 aromatic carbocycles. The van der Waals surface area contributed by atoms with Crippen molar-refractivity contribution in [3.63, 3.8) is 0 Å². The maximum Gasteiger partial charge on any atom is 0.0280 e. The summed E-state index contributed by atoms with van der Waals surface area (Å²) in [4.78, 5) is 0. The molecule has 1 fully saturated rings. The van der Waals surface area contributed by atoms with Crippen molar-refractivity contribution in [2.75, 3.05) is 19.6 Å². The Hall–Kier alpha value is -0.120. The van der Waals surface area contributed by atoms with Crippen molar-refractivity contribution >= 4 is 0 Å². The minimum absolute atomic E-state index is 0.564. The molecule has 0 aromatic heterocycles. The zero-order valence-corrected chi connectivity index (χ0v) is 5.22. The molecule has 3 N–H and O–H groups in total. The van der Waals surface area contributed by atoms with Crippen LogP contribution in [0.15, 0.2) is 0 Å². The second-order valence-electron chi connectivity index (χ2n) is 2.35. The van der Waals surface area contributed by atoms with E-state index in [1.165, 1.54) is 0 Å². The molecule has 0 bridgehead atoms. The van der Waals surface area contributed by atoms with Gasteiger partial charge in [-0.05, 0) is 6.92 Å². The van der Waals surface area contributed by atoms with Gasteiger partial charge >= 0.3 is 0 Å². The molecule has 1 heterocycles. The fourth-order valence-corrected chi connectivity index (χ4v) is 0.962. The summed E-state index contributed by atoms with van der Waals surface area (Å²) in [6.45, 7) is 5.11. The van der Waals surface area contributed by atoms with Gasteiger partial charge in [-0.15, -0.1) is 0 Å². The largest absolute Gasteiger partial charge is 0.312 e. The molecule has 1 unspecified atom stereocenters. The molecule has 3 nitrogen and oxygen atoms in total. The third-order valence-corrected chi connectivity index (χ3v) is 1.40. The highest BCUT2D eigenvalue weighted by molar-refractivity contribution is 4.70. The van der Waals surface area contributed by atoms with Gasteiger partial charge in [-0.25, -0.2) is 5.01 Å². The third-order valence-electron chi connectivity index (χ3n) is 1.40. The van der Waals surface area contributed by atoms with Gasteiger partial charge in [0.1, 0.15) is 0 Å². The minimum Gasteiger partial charge on any atom is -0.312 e. The molecule has 0 radical (unpaired) electrons. The summed E-state index contributed by atoms with van der Waals surface area (Å²) in [6.07, 6.45) is 0. The Bertz CT molecular complexity index is 66.1. The van der Waals surface area contributed by atoms with Gasteiger partial charge in [-0.1, -0.05) is 0 Å². The second kappa shape index (κ2) is 2.44. The molecule has 0 aliphatic carbocycles. The zero-order valence-electron chi connectivity index (χ0n) is 5.22. The Labute approximate surface area is 49.8 Å². The molecule has 1 atom stereocenters. The van der Waals surface area contributed by atoms with Crippen molar-refractivity contribution in [2.24, 2.45) is 5.84 Å². The van der Waals surface area contributed by atoms with Crippen molar-refractivity contribution in [2.45, 2.75) is 13.0 Å². The normalized spacial score (nSPS) is 33.0. The minimum atomic E-state index is 0.564. The Morgan fingerprint density at radius 2 is 2.50 bits per heavy atom. The molecule has 1 saturated heterocycles. The fourth-order valence-electron chi connectivity index (χ4n) is 0.962. The monoisotopic (exact) mass is 115 g/mol. The summed E-state index contributed by atoms with van der Waals surface area (Å²) < 4.78 is 0. The van der Waals surface area contributed by atoms with E-state index < -0.39 is 0 Å². The summed E-state index contributed by atoms with van der Waals surface area (Å²) in [7, 11) is 0. The fraction of sp³-hybridized carbons (Fsp3) is 1.00. The van der Waals surface area contributed by atoms with E-state index in [1.54, 1.807) is 0 Å². The average Bonchev–Trinajstić information content (AvgIpc) is 1.64. The first-order chi connectivity index (χ1) is 3.79. The van der Waals surface area contributed by atoms with E-state index in [4.69, 9.17) is 5.84 Å². The molecular formula is C5H13N3. The van der Waals surface area contributed by atoms with Crippen molar-refractivity contribution in [3.8, 4) is 0 Å². The van der Waals surface area contributed by atoms with Crippen LogP contribution in [0.5, 0.6) is 0 Å². The Balaban J connectivity index is 2.23. The number of hydrogen-bond acceptors (Lipinski definition) is 3. The molecule has 3 heteroatoms. The molecule has 1 rings (SSSR count). The number of piperazine rings is 1. The van der Waals surface area contributed by atoms with Crippen LogP contribution in [-0.4, -0.2) is 30.7 Å². The van der Waals surface area contributed by atoms with E-state index in [2.05, 4.69) is 12.2 Å². The number of nitrogens with two attached hydrogens (primary N) is 1. The molecule has 0 aromatic rings. The molecule has 1 aliphatic rings. The van der Waals surface area contributed by atoms with Crippen LogP contribution in [0.2, 0.25) is 0 Å². The molecule has 0 amide bonds. The average molecular weight is 115 g/mol. The first kappa shape index (κ1) is 6.01. The third kappa shape index (κ3) is 1.43. The van der Waals surface area contributed by atoms with Crippen molar-refractivity contribution in [3.05, 3.63) is 0 Å². The number of rotatable bonds is 0. The molecule has 0 spiro atoms. The van der Waals surface area contributed by atoms with Gasteiger partial charge < -0.3 is 5.32 Å². The SMILES string of the molecule is CC1CN(N)CCN1. The summed E-state index contributed by atoms with van der Waals surface area (Å²) in [5.74, 6) is 5.52.